The average molecular weight is 355 g/mol. The molecule has 2 aliphatic rings. The second kappa shape index (κ2) is 5.88. The zero-order chi connectivity index (χ0) is 17.7. The van der Waals surface area contributed by atoms with Crippen LogP contribution in [0.5, 0.6) is 0 Å². The van der Waals surface area contributed by atoms with Crippen molar-refractivity contribution in [3.8, 4) is 0 Å². The molecule has 3 atom stereocenters. The van der Waals surface area contributed by atoms with Crippen molar-refractivity contribution >= 4 is 23.0 Å². The zero-order valence-electron chi connectivity index (χ0n) is 14.1. The molecule has 2 aromatic carbocycles. The molecule has 4 nitrogen and oxygen atoms in total. The SMILES string of the molecule is Cc1cc([N+](=O)[O-])c2c(c1C)[C@@H]1C=CC[C@H]1[C@H](c1cccc(Cl)c1)N2. The van der Waals surface area contributed by atoms with Gasteiger partial charge in [0.25, 0.3) is 5.69 Å². The first-order chi connectivity index (χ1) is 12.0. The van der Waals surface area contributed by atoms with Crippen LogP contribution >= 0.6 is 11.6 Å². The Balaban J connectivity index is 1.92. The van der Waals surface area contributed by atoms with Gasteiger partial charge in [-0.3, -0.25) is 10.1 Å². The molecule has 1 heterocycles. The smallest absolute Gasteiger partial charge is 0.292 e. The Hall–Kier alpha value is -2.33. The highest BCUT2D eigenvalue weighted by atomic mass is 35.5. The summed E-state index contributed by atoms with van der Waals surface area (Å²) in [6.45, 7) is 4.00. The van der Waals surface area contributed by atoms with E-state index < -0.39 is 0 Å². The minimum atomic E-state index is -0.285. The van der Waals surface area contributed by atoms with E-state index in [1.807, 2.05) is 31.2 Å². The fraction of sp³-hybridized carbons (Fsp3) is 0.300. The number of rotatable bonds is 2. The molecule has 1 N–H and O–H groups in total. The summed E-state index contributed by atoms with van der Waals surface area (Å²) in [4.78, 5) is 11.4. The molecule has 4 rings (SSSR count). The van der Waals surface area contributed by atoms with Gasteiger partial charge in [-0.15, -0.1) is 0 Å². The number of fused-ring (bicyclic) bond motifs is 3. The molecule has 0 amide bonds. The summed E-state index contributed by atoms with van der Waals surface area (Å²) < 4.78 is 0. The van der Waals surface area contributed by atoms with Crippen molar-refractivity contribution in [2.45, 2.75) is 32.2 Å². The number of nitrogens with zero attached hydrogens (tertiary/aromatic N) is 1. The zero-order valence-corrected chi connectivity index (χ0v) is 14.9. The number of benzene rings is 2. The molecular formula is C20H19ClN2O2. The molecule has 5 heteroatoms. The Morgan fingerprint density at radius 2 is 2.08 bits per heavy atom. The molecule has 0 fully saturated rings. The van der Waals surface area contributed by atoms with Gasteiger partial charge in [-0.2, -0.15) is 0 Å². The van der Waals surface area contributed by atoms with Gasteiger partial charge in [0.05, 0.1) is 11.0 Å². The lowest BCUT2D eigenvalue weighted by Gasteiger charge is -2.38. The van der Waals surface area contributed by atoms with Crippen molar-refractivity contribution in [1.29, 1.82) is 0 Å². The second-order valence-corrected chi connectivity index (χ2v) is 7.35. The summed E-state index contributed by atoms with van der Waals surface area (Å²) in [7, 11) is 0. The lowest BCUT2D eigenvalue weighted by molar-refractivity contribution is -0.384. The van der Waals surface area contributed by atoms with Gasteiger partial charge in [0, 0.05) is 17.0 Å². The maximum absolute atomic E-state index is 11.7. The normalized spacial score (nSPS) is 23.7. The summed E-state index contributed by atoms with van der Waals surface area (Å²) in [6, 6.07) is 9.45. The van der Waals surface area contributed by atoms with Gasteiger partial charge in [0.2, 0.25) is 0 Å². The molecule has 25 heavy (non-hydrogen) atoms. The monoisotopic (exact) mass is 354 g/mol. The highest BCUT2D eigenvalue weighted by molar-refractivity contribution is 6.30. The molecule has 2 aromatic rings. The molecule has 0 spiro atoms. The second-order valence-electron chi connectivity index (χ2n) is 6.91. The average Bonchev–Trinajstić information content (AvgIpc) is 3.06. The number of nitrogens with one attached hydrogen (secondary N) is 1. The van der Waals surface area contributed by atoms with E-state index in [-0.39, 0.29) is 22.6 Å². The first-order valence-electron chi connectivity index (χ1n) is 8.44. The quantitative estimate of drug-likeness (QED) is 0.428. The van der Waals surface area contributed by atoms with E-state index in [9.17, 15) is 10.1 Å². The van der Waals surface area contributed by atoms with Gasteiger partial charge in [-0.1, -0.05) is 35.9 Å². The molecule has 0 saturated heterocycles. The van der Waals surface area contributed by atoms with E-state index in [0.29, 0.717) is 16.6 Å². The van der Waals surface area contributed by atoms with Crippen LogP contribution in [-0.2, 0) is 0 Å². The number of hydrogen-bond donors (Lipinski definition) is 1. The van der Waals surface area contributed by atoms with E-state index in [2.05, 4.69) is 24.4 Å². The number of nitro benzene ring substituents is 1. The molecule has 0 radical (unpaired) electrons. The fourth-order valence-electron chi connectivity index (χ4n) is 4.25. The maximum Gasteiger partial charge on any atom is 0.292 e. The van der Waals surface area contributed by atoms with Crippen molar-refractivity contribution in [1.82, 2.24) is 0 Å². The van der Waals surface area contributed by atoms with E-state index in [0.717, 1.165) is 28.7 Å². The van der Waals surface area contributed by atoms with E-state index in [4.69, 9.17) is 11.6 Å². The summed E-state index contributed by atoms with van der Waals surface area (Å²) >= 11 is 6.18. The van der Waals surface area contributed by atoms with Gasteiger partial charge >= 0.3 is 0 Å². The summed E-state index contributed by atoms with van der Waals surface area (Å²) in [5.74, 6) is 0.532. The molecule has 0 saturated carbocycles. The minimum Gasteiger partial charge on any atom is -0.372 e. The van der Waals surface area contributed by atoms with Crippen molar-refractivity contribution in [3.05, 3.63) is 79.9 Å². The molecule has 128 valence electrons. The number of halogens is 1. The number of hydrogen-bond acceptors (Lipinski definition) is 3. The number of anilines is 1. The summed E-state index contributed by atoms with van der Waals surface area (Å²) in [5.41, 5.74) is 5.06. The van der Waals surface area contributed by atoms with Crippen LogP contribution in [0.15, 0.2) is 42.5 Å². The third-order valence-corrected chi connectivity index (χ3v) is 5.79. The van der Waals surface area contributed by atoms with E-state index >= 15 is 0 Å². The van der Waals surface area contributed by atoms with Gasteiger partial charge in [-0.25, -0.2) is 0 Å². The number of aryl methyl sites for hydroxylation is 1. The lowest BCUT2D eigenvalue weighted by Crippen LogP contribution is -2.30. The van der Waals surface area contributed by atoms with Crippen LogP contribution in [0.3, 0.4) is 0 Å². The third kappa shape index (κ3) is 2.52. The lowest BCUT2D eigenvalue weighted by atomic mass is 9.74. The third-order valence-electron chi connectivity index (χ3n) is 5.55. The first kappa shape index (κ1) is 16.2. The highest BCUT2D eigenvalue weighted by Gasteiger charge is 2.41. The van der Waals surface area contributed by atoms with Crippen LogP contribution < -0.4 is 5.32 Å². The van der Waals surface area contributed by atoms with Crippen molar-refractivity contribution in [2.75, 3.05) is 5.32 Å². The molecule has 1 aliphatic heterocycles. The van der Waals surface area contributed by atoms with Crippen LogP contribution in [0.2, 0.25) is 5.02 Å². The Bertz CT molecular complexity index is 907. The molecule has 1 aliphatic carbocycles. The van der Waals surface area contributed by atoms with Crippen LogP contribution in [0, 0.1) is 29.9 Å². The van der Waals surface area contributed by atoms with Crippen molar-refractivity contribution < 1.29 is 4.92 Å². The van der Waals surface area contributed by atoms with Crippen molar-refractivity contribution in [2.24, 2.45) is 5.92 Å². The fourth-order valence-corrected chi connectivity index (χ4v) is 4.45. The maximum atomic E-state index is 11.7. The van der Waals surface area contributed by atoms with E-state index in [1.54, 1.807) is 6.07 Å². The number of allylic oxidation sites excluding steroid dienone is 2. The van der Waals surface area contributed by atoms with E-state index in [1.165, 1.54) is 0 Å². The minimum absolute atomic E-state index is 0.00649. The molecule has 0 bridgehead atoms. The topological polar surface area (TPSA) is 55.2 Å². The Labute approximate surface area is 151 Å². The predicted molar refractivity (Wildman–Crippen MR) is 100 cm³/mol. The predicted octanol–water partition coefficient (Wildman–Crippen LogP) is 5.69. The van der Waals surface area contributed by atoms with Gasteiger partial charge < -0.3 is 5.32 Å². The van der Waals surface area contributed by atoms with Crippen LogP contribution in [-0.4, -0.2) is 4.92 Å². The van der Waals surface area contributed by atoms with Gasteiger partial charge in [0.15, 0.2) is 0 Å². The molecular weight excluding hydrogens is 336 g/mol. The Kier molecular flexibility index (Phi) is 3.80. The summed E-state index contributed by atoms with van der Waals surface area (Å²) in [5, 5.41) is 15.8. The van der Waals surface area contributed by atoms with Crippen molar-refractivity contribution in [3.63, 3.8) is 0 Å². The number of nitro groups is 1. The Morgan fingerprint density at radius 3 is 2.80 bits per heavy atom. The highest BCUT2D eigenvalue weighted by Crippen LogP contribution is 2.53. The molecule has 0 aromatic heterocycles. The van der Waals surface area contributed by atoms with Crippen LogP contribution in [0.25, 0.3) is 0 Å². The van der Waals surface area contributed by atoms with Crippen LogP contribution in [0.4, 0.5) is 11.4 Å². The largest absolute Gasteiger partial charge is 0.372 e. The first-order valence-corrected chi connectivity index (χ1v) is 8.82. The Morgan fingerprint density at radius 1 is 1.28 bits per heavy atom. The van der Waals surface area contributed by atoms with Gasteiger partial charge in [0.1, 0.15) is 5.69 Å². The standard InChI is InChI=1S/C20H19ClN2O2/c1-11-9-17(23(24)25)20-18(12(11)2)15-7-4-8-16(15)19(22-20)13-5-3-6-14(21)10-13/h3-7,9-10,15-16,19,22H,8H2,1-2H3/t15-,16-,19+/m1/s1. The van der Waals surface area contributed by atoms with Gasteiger partial charge in [-0.05, 0) is 60.6 Å². The van der Waals surface area contributed by atoms with Crippen LogP contribution in [0.1, 0.15) is 40.6 Å². The molecule has 0 unspecified atom stereocenters. The summed E-state index contributed by atoms with van der Waals surface area (Å²) in [6.07, 6.45) is 5.35.